The molecule has 2 heterocycles. The van der Waals surface area contributed by atoms with Gasteiger partial charge in [0.15, 0.2) is 5.82 Å². The van der Waals surface area contributed by atoms with E-state index in [1.54, 1.807) is 13.0 Å². The molecule has 1 amide bonds. The summed E-state index contributed by atoms with van der Waals surface area (Å²) >= 11 is 0. The minimum absolute atomic E-state index is 0.0144. The molecular weight excluding hydrogens is 244 g/mol. The number of likely N-dealkylation sites (N-methyl/N-ethyl adjacent to an activating group) is 1. The van der Waals surface area contributed by atoms with Gasteiger partial charge in [-0.15, -0.1) is 0 Å². The lowest BCUT2D eigenvalue weighted by atomic mass is 10.2. The summed E-state index contributed by atoms with van der Waals surface area (Å²) in [6.07, 6.45) is 0.486. The standard InChI is InChI=1S/C13H22N4O2/c1-10-9-16(3)6-7-17(10)5-4-13(18)14-12-8-11(2)19-15-12/h8,10H,4-7,9H2,1-3H3,(H,14,15,18)/t10-/m0/s1. The van der Waals surface area contributed by atoms with Crippen molar-refractivity contribution in [1.29, 1.82) is 0 Å². The summed E-state index contributed by atoms with van der Waals surface area (Å²) in [6.45, 7) is 7.94. The number of rotatable bonds is 4. The number of nitrogens with one attached hydrogen (secondary N) is 1. The molecular formula is C13H22N4O2. The topological polar surface area (TPSA) is 61.6 Å². The summed E-state index contributed by atoms with van der Waals surface area (Å²) in [5, 5.41) is 6.49. The average Bonchev–Trinajstić information content (AvgIpc) is 2.73. The van der Waals surface area contributed by atoms with Gasteiger partial charge in [-0.3, -0.25) is 9.69 Å². The van der Waals surface area contributed by atoms with E-state index in [0.29, 0.717) is 24.0 Å². The zero-order chi connectivity index (χ0) is 13.8. The van der Waals surface area contributed by atoms with Gasteiger partial charge in [0, 0.05) is 44.7 Å². The molecule has 1 fully saturated rings. The fourth-order valence-corrected chi connectivity index (χ4v) is 2.39. The minimum atomic E-state index is -0.0144. The van der Waals surface area contributed by atoms with Gasteiger partial charge in [-0.25, -0.2) is 0 Å². The van der Waals surface area contributed by atoms with E-state index in [-0.39, 0.29) is 5.91 Å². The van der Waals surface area contributed by atoms with E-state index in [4.69, 9.17) is 4.52 Å². The third-order valence-corrected chi connectivity index (χ3v) is 3.49. The number of amides is 1. The molecule has 6 heteroatoms. The monoisotopic (exact) mass is 266 g/mol. The van der Waals surface area contributed by atoms with Crippen molar-refractivity contribution in [3.8, 4) is 0 Å². The highest BCUT2D eigenvalue weighted by atomic mass is 16.5. The maximum Gasteiger partial charge on any atom is 0.226 e. The van der Waals surface area contributed by atoms with Crippen LogP contribution in [0.2, 0.25) is 0 Å². The normalized spacial score (nSPS) is 21.5. The van der Waals surface area contributed by atoms with Gasteiger partial charge in [0.05, 0.1) is 0 Å². The lowest BCUT2D eigenvalue weighted by Crippen LogP contribution is -2.50. The maximum absolute atomic E-state index is 11.8. The number of carbonyl (C=O) groups excluding carboxylic acids is 1. The number of piperazine rings is 1. The summed E-state index contributed by atoms with van der Waals surface area (Å²) < 4.78 is 4.91. The van der Waals surface area contributed by atoms with E-state index < -0.39 is 0 Å². The largest absolute Gasteiger partial charge is 0.360 e. The van der Waals surface area contributed by atoms with Crippen molar-refractivity contribution in [2.45, 2.75) is 26.3 Å². The number of anilines is 1. The van der Waals surface area contributed by atoms with Crippen molar-refractivity contribution in [2.24, 2.45) is 0 Å². The Hall–Kier alpha value is -1.40. The Morgan fingerprint density at radius 3 is 3.00 bits per heavy atom. The van der Waals surface area contributed by atoms with Crippen molar-refractivity contribution in [3.05, 3.63) is 11.8 Å². The number of nitrogens with zero attached hydrogens (tertiary/aromatic N) is 3. The Kier molecular flexibility index (Phi) is 4.55. The lowest BCUT2D eigenvalue weighted by molar-refractivity contribution is -0.116. The van der Waals surface area contributed by atoms with E-state index in [1.165, 1.54) is 0 Å². The molecule has 6 nitrogen and oxygen atoms in total. The SMILES string of the molecule is Cc1cc(NC(=O)CCN2CCN(C)C[C@@H]2C)no1. The van der Waals surface area contributed by atoms with E-state index in [9.17, 15) is 4.79 Å². The molecule has 0 spiro atoms. The molecule has 0 aliphatic carbocycles. The first-order valence-corrected chi connectivity index (χ1v) is 6.70. The van der Waals surface area contributed by atoms with E-state index >= 15 is 0 Å². The predicted octanol–water partition coefficient (Wildman–Crippen LogP) is 0.948. The zero-order valence-electron chi connectivity index (χ0n) is 11.8. The second-order valence-corrected chi connectivity index (χ2v) is 5.27. The smallest absolute Gasteiger partial charge is 0.226 e. The Morgan fingerprint density at radius 2 is 2.37 bits per heavy atom. The summed E-state index contributed by atoms with van der Waals surface area (Å²) in [5.41, 5.74) is 0. The zero-order valence-corrected chi connectivity index (χ0v) is 11.8. The van der Waals surface area contributed by atoms with Crippen molar-refractivity contribution in [1.82, 2.24) is 15.0 Å². The van der Waals surface area contributed by atoms with Crippen molar-refractivity contribution >= 4 is 11.7 Å². The number of carbonyl (C=O) groups is 1. The van der Waals surface area contributed by atoms with Crippen LogP contribution in [0.25, 0.3) is 0 Å². The van der Waals surface area contributed by atoms with Gasteiger partial charge in [0.1, 0.15) is 5.76 Å². The van der Waals surface area contributed by atoms with Gasteiger partial charge < -0.3 is 14.7 Å². The highest BCUT2D eigenvalue weighted by Gasteiger charge is 2.21. The Labute approximate surface area is 113 Å². The fourth-order valence-electron chi connectivity index (χ4n) is 2.39. The van der Waals surface area contributed by atoms with E-state index in [1.807, 2.05) is 0 Å². The number of aromatic nitrogens is 1. The Morgan fingerprint density at radius 1 is 1.58 bits per heavy atom. The van der Waals surface area contributed by atoms with Crippen LogP contribution < -0.4 is 5.32 Å². The summed E-state index contributed by atoms with van der Waals surface area (Å²) in [6, 6.07) is 2.22. The highest BCUT2D eigenvalue weighted by Crippen LogP contribution is 2.10. The Bertz CT molecular complexity index is 432. The van der Waals surface area contributed by atoms with Crippen LogP contribution in [0, 0.1) is 6.92 Å². The first kappa shape index (κ1) is 14.0. The van der Waals surface area contributed by atoms with Gasteiger partial charge in [-0.1, -0.05) is 5.16 Å². The van der Waals surface area contributed by atoms with Crippen LogP contribution in [-0.4, -0.2) is 60.1 Å². The Balaban J connectivity index is 1.74. The molecule has 1 aromatic heterocycles. The van der Waals surface area contributed by atoms with Crippen LogP contribution in [-0.2, 0) is 4.79 Å². The molecule has 1 aliphatic heterocycles. The van der Waals surface area contributed by atoms with Crippen LogP contribution in [0.1, 0.15) is 19.1 Å². The second kappa shape index (κ2) is 6.16. The third kappa shape index (κ3) is 4.04. The fraction of sp³-hybridized carbons (Fsp3) is 0.692. The van der Waals surface area contributed by atoms with Crippen LogP contribution >= 0.6 is 0 Å². The summed E-state index contributed by atoms with van der Waals surface area (Å²) in [7, 11) is 2.13. The molecule has 1 saturated heterocycles. The first-order chi connectivity index (χ1) is 9.04. The minimum Gasteiger partial charge on any atom is -0.360 e. The summed E-state index contributed by atoms with van der Waals surface area (Å²) in [4.78, 5) is 16.5. The molecule has 0 radical (unpaired) electrons. The quantitative estimate of drug-likeness (QED) is 0.879. The molecule has 2 rings (SSSR count). The second-order valence-electron chi connectivity index (χ2n) is 5.27. The molecule has 0 unspecified atom stereocenters. The van der Waals surface area contributed by atoms with Crippen molar-refractivity contribution < 1.29 is 9.32 Å². The average molecular weight is 266 g/mol. The van der Waals surface area contributed by atoms with Gasteiger partial charge in [-0.05, 0) is 20.9 Å². The lowest BCUT2D eigenvalue weighted by Gasteiger charge is -2.38. The van der Waals surface area contributed by atoms with Crippen molar-refractivity contribution in [2.75, 3.05) is 38.5 Å². The number of hydrogen-bond donors (Lipinski definition) is 1. The molecule has 106 valence electrons. The molecule has 0 saturated carbocycles. The molecule has 1 N–H and O–H groups in total. The van der Waals surface area contributed by atoms with Crippen LogP contribution in [0.4, 0.5) is 5.82 Å². The van der Waals surface area contributed by atoms with E-state index in [2.05, 4.69) is 34.2 Å². The number of hydrogen-bond acceptors (Lipinski definition) is 5. The first-order valence-electron chi connectivity index (χ1n) is 6.70. The third-order valence-electron chi connectivity index (χ3n) is 3.49. The number of aryl methyl sites for hydroxylation is 1. The highest BCUT2D eigenvalue weighted by molar-refractivity contribution is 5.89. The van der Waals surface area contributed by atoms with E-state index in [0.717, 1.165) is 26.2 Å². The van der Waals surface area contributed by atoms with Gasteiger partial charge in [-0.2, -0.15) is 0 Å². The molecule has 19 heavy (non-hydrogen) atoms. The molecule has 1 aliphatic rings. The van der Waals surface area contributed by atoms with Gasteiger partial charge in [0.2, 0.25) is 5.91 Å². The van der Waals surface area contributed by atoms with Gasteiger partial charge in [0.25, 0.3) is 0 Å². The van der Waals surface area contributed by atoms with Gasteiger partial charge >= 0.3 is 0 Å². The predicted molar refractivity (Wildman–Crippen MR) is 73.0 cm³/mol. The van der Waals surface area contributed by atoms with Crippen LogP contribution in [0.15, 0.2) is 10.6 Å². The summed E-state index contributed by atoms with van der Waals surface area (Å²) in [5.74, 6) is 1.18. The molecule has 1 aromatic rings. The van der Waals surface area contributed by atoms with Crippen LogP contribution in [0.5, 0.6) is 0 Å². The van der Waals surface area contributed by atoms with Crippen LogP contribution in [0.3, 0.4) is 0 Å². The molecule has 0 aromatic carbocycles. The maximum atomic E-state index is 11.8. The molecule has 1 atom stereocenters. The van der Waals surface area contributed by atoms with Crippen molar-refractivity contribution in [3.63, 3.8) is 0 Å². The molecule has 0 bridgehead atoms.